The van der Waals surface area contributed by atoms with Crippen molar-refractivity contribution in [2.24, 2.45) is 0 Å². The van der Waals surface area contributed by atoms with Gasteiger partial charge in [-0.25, -0.2) is 0 Å². The summed E-state index contributed by atoms with van der Waals surface area (Å²) in [6, 6.07) is 0. The van der Waals surface area contributed by atoms with E-state index < -0.39 is 5.97 Å². The van der Waals surface area contributed by atoms with Crippen LogP contribution in [-0.4, -0.2) is 18.2 Å². The predicted molar refractivity (Wildman–Crippen MR) is 102 cm³/mol. The largest absolute Gasteiger partial charge is 0.550 e. The summed E-state index contributed by atoms with van der Waals surface area (Å²) < 4.78 is 5.49. The molecule has 3 heteroatoms. The van der Waals surface area contributed by atoms with Gasteiger partial charge in [-0.3, -0.25) is 0 Å². The number of unbranched alkanes of at least 4 members (excludes halogenated alkanes) is 3. The first kappa shape index (κ1) is 21.4. The number of carbonyl (C=O) groups is 1. The van der Waals surface area contributed by atoms with Gasteiger partial charge < -0.3 is 14.6 Å². The SMILES string of the molecule is CCC1OC1C/C=C\C/C=C\C/C=C\C/C=C\CCCCCC(=O)[O-]. The van der Waals surface area contributed by atoms with Crippen LogP contribution in [0, 0.1) is 0 Å². The van der Waals surface area contributed by atoms with Crippen LogP contribution < -0.4 is 5.11 Å². The van der Waals surface area contributed by atoms with E-state index in [9.17, 15) is 9.90 Å². The number of aliphatic carboxylic acids is 1. The molecule has 0 aromatic heterocycles. The van der Waals surface area contributed by atoms with Gasteiger partial charge in [-0.15, -0.1) is 0 Å². The topological polar surface area (TPSA) is 52.7 Å². The van der Waals surface area contributed by atoms with Crippen LogP contribution in [0.2, 0.25) is 0 Å². The van der Waals surface area contributed by atoms with E-state index in [1.165, 1.54) is 0 Å². The van der Waals surface area contributed by atoms with E-state index >= 15 is 0 Å². The fourth-order valence-corrected chi connectivity index (χ4v) is 2.62. The molecule has 1 aliphatic heterocycles. The highest BCUT2D eigenvalue weighted by Crippen LogP contribution is 2.28. The summed E-state index contributed by atoms with van der Waals surface area (Å²) >= 11 is 0. The number of carbonyl (C=O) groups excluding carboxylic acids is 1. The maximum atomic E-state index is 10.2. The third-order valence-electron chi connectivity index (χ3n) is 4.19. The van der Waals surface area contributed by atoms with Crippen molar-refractivity contribution < 1.29 is 14.6 Å². The molecule has 2 atom stereocenters. The van der Waals surface area contributed by atoms with Crippen LogP contribution in [0.1, 0.15) is 71.1 Å². The standard InChI is InChI=1S/C22H34O3/c1-2-20-21(25-20)18-16-14-12-10-8-6-4-3-5-7-9-11-13-15-17-19-22(23)24/h3-4,7-10,14,16,20-21H,2,5-6,11-13,15,17-19H2,1H3,(H,23,24)/p-1/b4-3-,9-7-,10-8-,16-14-. The quantitative estimate of drug-likeness (QED) is 0.247. The number of ether oxygens (including phenoxy) is 1. The van der Waals surface area contributed by atoms with Gasteiger partial charge in [0.25, 0.3) is 0 Å². The zero-order valence-corrected chi connectivity index (χ0v) is 15.6. The van der Waals surface area contributed by atoms with Gasteiger partial charge in [0.05, 0.1) is 12.2 Å². The maximum Gasteiger partial charge on any atom is 0.0876 e. The van der Waals surface area contributed by atoms with E-state index in [2.05, 4.69) is 55.5 Å². The van der Waals surface area contributed by atoms with Gasteiger partial charge in [-0.2, -0.15) is 0 Å². The van der Waals surface area contributed by atoms with E-state index in [1.807, 2.05) is 0 Å². The number of hydrogen-bond donors (Lipinski definition) is 0. The van der Waals surface area contributed by atoms with Gasteiger partial charge in [0.15, 0.2) is 0 Å². The molecule has 3 nitrogen and oxygen atoms in total. The Morgan fingerprint density at radius 3 is 2.00 bits per heavy atom. The average Bonchev–Trinajstić information content (AvgIpc) is 3.36. The lowest BCUT2D eigenvalue weighted by molar-refractivity contribution is -0.305. The van der Waals surface area contributed by atoms with Gasteiger partial charge in [0, 0.05) is 5.97 Å². The number of carboxylic acid groups (broad SMARTS) is 1. The third-order valence-corrected chi connectivity index (χ3v) is 4.19. The monoisotopic (exact) mass is 345 g/mol. The molecule has 140 valence electrons. The van der Waals surface area contributed by atoms with E-state index in [1.54, 1.807) is 0 Å². The Morgan fingerprint density at radius 1 is 0.840 bits per heavy atom. The molecule has 1 saturated heterocycles. The van der Waals surface area contributed by atoms with Gasteiger partial charge in [0.1, 0.15) is 0 Å². The second-order valence-electron chi connectivity index (χ2n) is 6.42. The first-order valence-corrected chi connectivity index (χ1v) is 9.69. The Hall–Kier alpha value is -1.61. The Morgan fingerprint density at radius 2 is 1.44 bits per heavy atom. The Labute approximate surface area is 153 Å². The lowest BCUT2D eigenvalue weighted by Gasteiger charge is -1.99. The van der Waals surface area contributed by atoms with Crippen LogP contribution in [0.25, 0.3) is 0 Å². The van der Waals surface area contributed by atoms with Crippen molar-refractivity contribution in [1.82, 2.24) is 0 Å². The summed E-state index contributed by atoms with van der Waals surface area (Å²) in [7, 11) is 0. The Balaban J connectivity index is 1.86. The second kappa shape index (κ2) is 14.7. The molecule has 0 spiro atoms. The van der Waals surface area contributed by atoms with Crippen molar-refractivity contribution in [3.8, 4) is 0 Å². The van der Waals surface area contributed by atoms with Gasteiger partial charge in [-0.1, -0.05) is 62.0 Å². The molecule has 0 saturated carbocycles. The first-order valence-electron chi connectivity index (χ1n) is 9.69. The van der Waals surface area contributed by atoms with Crippen LogP contribution in [0.15, 0.2) is 48.6 Å². The number of carboxylic acids is 1. The summed E-state index contributed by atoms with van der Waals surface area (Å²) in [5.41, 5.74) is 0. The van der Waals surface area contributed by atoms with E-state index in [0.717, 1.165) is 57.8 Å². The minimum Gasteiger partial charge on any atom is -0.550 e. The summed E-state index contributed by atoms with van der Waals surface area (Å²) in [6.07, 6.45) is 27.6. The van der Waals surface area contributed by atoms with Gasteiger partial charge in [0.2, 0.25) is 0 Å². The van der Waals surface area contributed by atoms with Crippen LogP contribution in [0.3, 0.4) is 0 Å². The van der Waals surface area contributed by atoms with Gasteiger partial charge in [-0.05, 0) is 57.8 Å². The summed E-state index contributed by atoms with van der Waals surface area (Å²) in [6.45, 7) is 2.17. The van der Waals surface area contributed by atoms with Crippen LogP contribution in [0.4, 0.5) is 0 Å². The highest BCUT2D eigenvalue weighted by Gasteiger charge is 2.35. The highest BCUT2D eigenvalue weighted by atomic mass is 16.6. The zero-order valence-electron chi connectivity index (χ0n) is 15.6. The minimum absolute atomic E-state index is 0.185. The molecule has 0 aliphatic carbocycles. The molecule has 0 N–H and O–H groups in total. The fraction of sp³-hybridized carbons (Fsp3) is 0.591. The molecule has 0 aromatic carbocycles. The number of epoxide rings is 1. The molecule has 0 radical (unpaired) electrons. The molecule has 25 heavy (non-hydrogen) atoms. The zero-order chi connectivity index (χ0) is 18.2. The smallest absolute Gasteiger partial charge is 0.0876 e. The number of allylic oxidation sites excluding steroid dienone is 7. The predicted octanol–water partition coefficient (Wildman–Crippen LogP) is 4.65. The number of rotatable bonds is 15. The Kier molecular flexibility index (Phi) is 12.6. The molecular weight excluding hydrogens is 312 g/mol. The van der Waals surface area contributed by atoms with E-state index in [-0.39, 0.29) is 6.42 Å². The van der Waals surface area contributed by atoms with Crippen molar-refractivity contribution in [2.45, 2.75) is 83.3 Å². The van der Waals surface area contributed by atoms with Crippen LogP contribution in [-0.2, 0) is 9.53 Å². The third kappa shape index (κ3) is 13.4. The molecule has 1 rings (SSSR count). The molecule has 2 unspecified atom stereocenters. The summed E-state index contributed by atoms with van der Waals surface area (Å²) in [5, 5.41) is 10.2. The van der Waals surface area contributed by atoms with Gasteiger partial charge >= 0.3 is 0 Å². The summed E-state index contributed by atoms with van der Waals surface area (Å²) in [4.78, 5) is 10.2. The lowest BCUT2D eigenvalue weighted by atomic mass is 10.1. The fourth-order valence-electron chi connectivity index (χ4n) is 2.62. The molecule has 0 amide bonds. The lowest BCUT2D eigenvalue weighted by Crippen LogP contribution is -2.21. The van der Waals surface area contributed by atoms with Crippen molar-refractivity contribution >= 4 is 5.97 Å². The van der Waals surface area contributed by atoms with E-state index in [4.69, 9.17) is 4.74 Å². The molecule has 1 aliphatic rings. The second-order valence-corrected chi connectivity index (χ2v) is 6.42. The first-order chi connectivity index (χ1) is 12.2. The van der Waals surface area contributed by atoms with Crippen molar-refractivity contribution in [3.05, 3.63) is 48.6 Å². The molecule has 1 heterocycles. The molecular formula is C22H33O3-. The normalized spacial score (nSPS) is 20.5. The minimum atomic E-state index is -0.941. The molecule has 0 bridgehead atoms. The summed E-state index contributed by atoms with van der Waals surface area (Å²) in [5.74, 6) is -0.941. The van der Waals surface area contributed by atoms with Crippen LogP contribution >= 0.6 is 0 Å². The molecule has 0 aromatic rings. The van der Waals surface area contributed by atoms with Crippen molar-refractivity contribution in [3.63, 3.8) is 0 Å². The van der Waals surface area contributed by atoms with Crippen molar-refractivity contribution in [1.29, 1.82) is 0 Å². The van der Waals surface area contributed by atoms with Crippen LogP contribution in [0.5, 0.6) is 0 Å². The maximum absolute atomic E-state index is 10.2. The molecule has 1 fully saturated rings. The number of hydrogen-bond acceptors (Lipinski definition) is 3. The van der Waals surface area contributed by atoms with E-state index in [0.29, 0.717) is 12.2 Å². The van der Waals surface area contributed by atoms with Crippen molar-refractivity contribution in [2.75, 3.05) is 0 Å². The average molecular weight is 346 g/mol. The Bertz CT molecular complexity index is 460. The highest BCUT2D eigenvalue weighted by molar-refractivity contribution is 5.64.